The standard InChI is InChI=1S/C9H12N2O/c1-6-8(4-5-10-6)11-9(12)7-2-3-7/h4,7H,2-3,5H2,1H3,(H,11,12). The quantitative estimate of drug-likeness (QED) is 0.646. The SMILES string of the molecule is CC1=NCC=C1NC(=O)C1CC1. The average Bonchev–Trinajstić information content (AvgIpc) is 2.80. The highest BCUT2D eigenvalue weighted by Crippen LogP contribution is 2.29. The fourth-order valence-electron chi connectivity index (χ4n) is 1.23. The van der Waals surface area contributed by atoms with Gasteiger partial charge in [-0.15, -0.1) is 0 Å². The largest absolute Gasteiger partial charge is 0.324 e. The molecule has 0 aromatic rings. The molecule has 64 valence electrons. The van der Waals surface area contributed by atoms with Crippen molar-refractivity contribution in [3.63, 3.8) is 0 Å². The molecule has 1 heterocycles. The molecule has 1 N–H and O–H groups in total. The van der Waals surface area contributed by atoms with E-state index in [0.29, 0.717) is 6.54 Å². The summed E-state index contributed by atoms with van der Waals surface area (Å²) >= 11 is 0. The van der Waals surface area contributed by atoms with Gasteiger partial charge in [0, 0.05) is 5.92 Å². The molecule has 0 aromatic carbocycles. The predicted molar refractivity (Wildman–Crippen MR) is 46.9 cm³/mol. The molecule has 0 spiro atoms. The zero-order valence-electron chi connectivity index (χ0n) is 7.13. The van der Waals surface area contributed by atoms with Crippen LogP contribution in [0, 0.1) is 5.92 Å². The third-order valence-corrected chi connectivity index (χ3v) is 2.22. The van der Waals surface area contributed by atoms with E-state index in [-0.39, 0.29) is 11.8 Å². The number of aliphatic imine (C=N–C) groups is 1. The van der Waals surface area contributed by atoms with E-state index < -0.39 is 0 Å². The van der Waals surface area contributed by atoms with Gasteiger partial charge >= 0.3 is 0 Å². The number of nitrogens with zero attached hydrogens (tertiary/aromatic N) is 1. The number of amides is 1. The lowest BCUT2D eigenvalue weighted by Crippen LogP contribution is -2.26. The minimum Gasteiger partial charge on any atom is -0.324 e. The maximum absolute atomic E-state index is 11.3. The number of hydrogen-bond acceptors (Lipinski definition) is 2. The van der Waals surface area contributed by atoms with Crippen molar-refractivity contribution in [2.45, 2.75) is 19.8 Å². The Kier molecular flexibility index (Phi) is 1.71. The van der Waals surface area contributed by atoms with Crippen molar-refractivity contribution >= 4 is 11.6 Å². The van der Waals surface area contributed by atoms with Crippen molar-refractivity contribution < 1.29 is 4.79 Å². The second-order valence-electron chi connectivity index (χ2n) is 3.31. The van der Waals surface area contributed by atoms with Crippen LogP contribution in [0.4, 0.5) is 0 Å². The van der Waals surface area contributed by atoms with Crippen molar-refractivity contribution in [1.82, 2.24) is 5.32 Å². The smallest absolute Gasteiger partial charge is 0.227 e. The second kappa shape index (κ2) is 2.73. The number of hydrogen-bond donors (Lipinski definition) is 1. The summed E-state index contributed by atoms with van der Waals surface area (Å²) in [5.74, 6) is 0.442. The van der Waals surface area contributed by atoms with Gasteiger partial charge in [-0.2, -0.15) is 0 Å². The molecule has 1 saturated carbocycles. The number of nitrogens with one attached hydrogen (secondary N) is 1. The first kappa shape index (κ1) is 7.53. The Morgan fingerprint density at radius 1 is 1.67 bits per heavy atom. The Balaban J connectivity index is 1.94. The van der Waals surface area contributed by atoms with Crippen molar-refractivity contribution in [3.05, 3.63) is 11.8 Å². The summed E-state index contributed by atoms with van der Waals surface area (Å²) in [7, 11) is 0. The monoisotopic (exact) mass is 164 g/mol. The summed E-state index contributed by atoms with van der Waals surface area (Å²) in [6.45, 7) is 2.64. The zero-order chi connectivity index (χ0) is 8.55. The van der Waals surface area contributed by atoms with Crippen LogP contribution in [0.5, 0.6) is 0 Å². The summed E-state index contributed by atoms with van der Waals surface area (Å²) in [4.78, 5) is 15.5. The molecule has 0 unspecified atom stereocenters. The van der Waals surface area contributed by atoms with Gasteiger partial charge in [0.25, 0.3) is 0 Å². The van der Waals surface area contributed by atoms with E-state index in [1.165, 1.54) is 0 Å². The molecule has 0 atom stereocenters. The highest BCUT2D eigenvalue weighted by Gasteiger charge is 2.30. The molecule has 2 rings (SSSR count). The maximum atomic E-state index is 11.3. The first-order valence-corrected chi connectivity index (χ1v) is 4.30. The Hall–Kier alpha value is -1.12. The first-order chi connectivity index (χ1) is 5.77. The van der Waals surface area contributed by atoms with E-state index >= 15 is 0 Å². The van der Waals surface area contributed by atoms with Gasteiger partial charge < -0.3 is 5.32 Å². The normalized spacial score (nSPS) is 21.8. The molecule has 0 radical (unpaired) electrons. The molecule has 12 heavy (non-hydrogen) atoms. The van der Waals surface area contributed by atoms with Crippen LogP contribution in [0.1, 0.15) is 19.8 Å². The lowest BCUT2D eigenvalue weighted by molar-refractivity contribution is -0.121. The van der Waals surface area contributed by atoms with Crippen LogP contribution < -0.4 is 5.32 Å². The van der Waals surface area contributed by atoms with Crippen LogP contribution in [0.3, 0.4) is 0 Å². The molecule has 0 saturated heterocycles. The van der Waals surface area contributed by atoms with Crippen molar-refractivity contribution in [2.75, 3.05) is 6.54 Å². The lowest BCUT2D eigenvalue weighted by Gasteiger charge is -2.04. The van der Waals surface area contributed by atoms with E-state index in [0.717, 1.165) is 24.3 Å². The van der Waals surface area contributed by atoms with E-state index in [1.54, 1.807) is 0 Å². The summed E-state index contributed by atoms with van der Waals surface area (Å²) in [5.41, 5.74) is 1.86. The van der Waals surface area contributed by atoms with Crippen LogP contribution >= 0.6 is 0 Å². The van der Waals surface area contributed by atoms with E-state index in [4.69, 9.17) is 0 Å². The first-order valence-electron chi connectivity index (χ1n) is 4.30. The van der Waals surface area contributed by atoms with Crippen molar-refractivity contribution in [2.24, 2.45) is 10.9 Å². The minimum atomic E-state index is 0.165. The van der Waals surface area contributed by atoms with Gasteiger partial charge in [-0.05, 0) is 25.8 Å². The molecule has 1 aliphatic carbocycles. The Morgan fingerprint density at radius 2 is 2.42 bits per heavy atom. The van der Waals surface area contributed by atoms with Crippen LogP contribution in [0.15, 0.2) is 16.8 Å². The molecule has 2 aliphatic rings. The van der Waals surface area contributed by atoms with Gasteiger partial charge in [0.2, 0.25) is 5.91 Å². The number of rotatable bonds is 2. The molecule has 1 fully saturated rings. The maximum Gasteiger partial charge on any atom is 0.227 e. The molecule has 0 bridgehead atoms. The average molecular weight is 164 g/mol. The summed E-state index contributed by atoms with van der Waals surface area (Å²) in [6.07, 6.45) is 4.06. The van der Waals surface area contributed by atoms with E-state index in [9.17, 15) is 4.79 Å². The molecule has 3 nitrogen and oxygen atoms in total. The third-order valence-electron chi connectivity index (χ3n) is 2.22. The highest BCUT2D eigenvalue weighted by atomic mass is 16.2. The Bertz CT molecular complexity index is 274. The molecule has 1 aliphatic heterocycles. The lowest BCUT2D eigenvalue weighted by atomic mass is 10.3. The predicted octanol–water partition coefficient (Wildman–Crippen LogP) is 0.871. The van der Waals surface area contributed by atoms with Crippen LogP contribution in [-0.2, 0) is 4.79 Å². The summed E-state index contributed by atoms with van der Waals surface area (Å²) in [6, 6.07) is 0. The number of carbonyl (C=O) groups is 1. The van der Waals surface area contributed by atoms with Gasteiger partial charge in [0.05, 0.1) is 18.0 Å². The van der Waals surface area contributed by atoms with Crippen molar-refractivity contribution in [1.29, 1.82) is 0 Å². The van der Waals surface area contributed by atoms with Gasteiger partial charge in [-0.3, -0.25) is 9.79 Å². The zero-order valence-corrected chi connectivity index (χ0v) is 7.13. The highest BCUT2D eigenvalue weighted by molar-refractivity contribution is 6.03. The summed E-state index contributed by atoms with van der Waals surface area (Å²) < 4.78 is 0. The minimum absolute atomic E-state index is 0.165. The second-order valence-corrected chi connectivity index (χ2v) is 3.31. The van der Waals surface area contributed by atoms with Crippen molar-refractivity contribution in [3.8, 4) is 0 Å². The van der Waals surface area contributed by atoms with E-state index in [1.807, 2.05) is 13.0 Å². The topological polar surface area (TPSA) is 41.5 Å². The molecule has 1 amide bonds. The number of carbonyl (C=O) groups excluding carboxylic acids is 1. The molecular formula is C9H12N2O. The van der Waals surface area contributed by atoms with Crippen LogP contribution in [-0.4, -0.2) is 18.2 Å². The molecule has 0 aromatic heterocycles. The fourth-order valence-corrected chi connectivity index (χ4v) is 1.23. The Labute approximate surface area is 71.6 Å². The Morgan fingerprint density at radius 3 is 2.92 bits per heavy atom. The third kappa shape index (κ3) is 1.40. The molecule has 3 heteroatoms. The van der Waals surface area contributed by atoms with Gasteiger partial charge in [0.15, 0.2) is 0 Å². The van der Waals surface area contributed by atoms with E-state index in [2.05, 4.69) is 10.3 Å². The summed E-state index contributed by atoms with van der Waals surface area (Å²) in [5, 5.41) is 2.88. The van der Waals surface area contributed by atoms with Crippen LogP contribution in [0.25, 0.3) is 0 Å². The van der Waals surface area contributed by atoms with Crippen LogP contribution in [0.2, 0.25) is 0 Å². The number of allylic oxidation sites excluding steroid dienone is 1. The van der Waals surface area contributed by atoms with Gasteiger partial charge in [-0.25, -0.2) is 0 Å². The molecular weight excluding hydrogens is 152 g/mol. The van der Waals surface area contributed by atoms with Gasteiger partial charge in [0.1, 0.15) is 0 Å². The fraction of sp³-hybridized carbons (Fsp3) is 0.556. The van der Waals surface area contributed by atoms with Gasteiger partial charge in [-0.1, -0.05) is 0 Å².